The Morgan fingerprint density at radius 3 is 2.34 bits per heavy atom. The number of carbonyl (C=O) groups is 1. The van der Waals surface area contributed by atoms with E-state index >= 15 is 0 Å². The van der Waals surface area contributed by atoms with Crippen LogP contribution < -0.4 is 19.5 Å². The van der Waals surface area contributed by atoms with Crippen molar-refractivity contribution in [1.82, 2.24) is 10.2 Å². The number of amides is 1. The number of fused-ring (bicyclic) bond motifs is 1. The summed E-state index contributed by atoms with van der Waals surface area (Å²) in [5.41, 5.74) is 1.55. The van der Waals surface area contributed by atoms with Crippen molar-refractivity contribution in [3.05, 3.63) is 53.6 Å². The number of morpholine rings is 1. The van der Waals surface area contributed by atoms with E-state index in [4.69, 9.17) is 18.9 Å². The number of nitrogens with one attached hydrogen (secondary N) is 1. The molecule has 0 bridgehead atoms. The van der Waals surface area contributed by atoms with Crippen LogP contribution in [-0.4, -0.2) is 57.0 Å². The third kappa shape index (κ3) is 4.27. The molecule has 2 saturated heterocycles. The number of benzene rings is 2. The molecule has 4 rings (SSSR count). The second-order valence-electron chi connectivity index (χ2n) is 8.32. The summed E-state index contributed by atoms with van der Waals surface area (Å²) < 4.78 is 22.7. The molecule has 0 aliphatic carbocycles. The summed E-state index contributed by atoms with van der Waals surface area (Å²) in [6.07, 6.45) is 2.75. The first-order valence-corrected chi connectivity index (χ1v) is 11.1. The molecule has 2 aromatic carbocycles. The Morgan fingerprint density at radius 2 is 1.72 bits per heavy atom. The highest BCUT2D eigenvalue weighted by atomic mass is 16.5. The van der Waals surface area contributed by atoms with Gasteiger partial charge >= 0.3 is 0 Å². The number of rotatable bonds is 6. The summed E-state index contributed by atoms with van der Waals surface area (Å²) in [5, 5.41) is 3.14. The van der Waals surface area contributed by atoms with Gasteiger partial charge in [-0.25, -0.2) is 0 Å². The van der Waals surface area contributed by atoms with Gasteiger partial charge in [0.2, 0.25) is 5.75 Å². The summed E-state index contributed by atoms with van der Waals surface area (Å²) in [6.45, 7) is 3.22. The van der Waals surface area contributed by atoms with E-state index in [2.05, 4.69) is 29.3 Å². The van der Waals surface area contributed by atoms with Crippen LogP contribution in [0.5, 0.6) is 17.2 Å². The minimum atomic E-state index is -0.414. The maximum Gasteiger partial charge on any atom is 0.253 e. The van der Waals surface area contributed by atoms with Gasteiger partial charge < -0.3 is 24.3 Å². The number of hydrogen-bond acceptors (Lipinski definition) is 6. The van der Waals surface area contributed by atoms with Gasteiger partial charge in [-0.15, -0.1) is 0 Å². The van der Waals surface area contributed by atoms with Gasteiger partial charge in [-0.2, -0.15) is 0 Å². The van der Waals surface area contributed by atoms with E-state index in [1.165, 1.54) is 14.2 Å². The Morgan fingerprint density at radius 1 is 1.03 bits per heavy atom. The predicted molar refractivity (Wildman–Crippen MR) is 121 cm³/mol. The molecule has 0 spiro atoms. The number of piperidine rings is 1. The predicted octanol–water partition coefficient (Wildman–Crippen LogP) is 3.78. The first-order chi connectivity index (χ1) is 15.6. The van der Waals surface area contributed by atoms with Gasteiger partial charge in [-0.1, -0.05) is 36.8 Å². The highest BCUT2D eigenvalue weighted by molar-refractivity contribution is 5.95. The van der Waals surface area contributed by atoms with Crippen LogP contribution in [0.15, 0.2) is 42.5 Å². The maximum atomic E-state index is 13.3. The molecule has 2 aliphatic heterocycles. The standard InChI is InChI=1S/C25H32N2O5/c1-16-22(17-10-6-5-7-11-17)32-25(19-12-8-9-13-27(16)19)26-24(28)18-14-20(29-2)23(31-4)21(15-18)30-3/h5-7,10-11,14-16,19,22,25H,8-9,12-13H2,1-4H3,(H,26,28). The summed E-state index contributed by atoms with van der Waals surface area (Å²) in [5.74, 6) is 1.10. The lowest BCUT2D eigenvalue weighted by Gasteiger charge is -2.51. The van der Waals surface area contributed by atoms with Gasteiger partial charge in [0.25, 0.3) is 5.91 Å². The van der Waals surface area contributed by atoms with Gasteiger partial charge in [0.05, 0.1) is 27.4 Å². The zero-order valence-corrected chi connectivity index (χ0v) is 19.2. The van der Waals surface area contributed by atoms with Crippen LogP contribution in [0.25, 0.3) is 0 Å². The molecule has 32 heavy (non-hydrogen) atoms. The number of ether oxygens (including phenoxy) is 4. The average molecular weight is 441 g/mol. The lowest BCUT2D eigenvalue weighted by Crippen LogP contribution is -2.63. The van der Waals surface area contributed by atoms with Gasteiger partial charge in [0.1, 0.15) is 12.3 Å². The number of nitrogens with zero attached hydrogens (tertiary/aromatic N) is 1. The topological polar surface area (TPSA) is 69.3 Å². The van der Waals surface area contributed by atoms with E-state index in [0.29, 0.717) is 22.8 Å². The number of carbonyl (C=O) groups excluding carboxylic acids is 1. The van der Waals surface area contributed by atoms with Gasteiger partial charge in [-0.05, 0) is 44.0 Å². The summed E-state index contributed by atoms with van der Waals surface area (Å²) in [4.78, 5) is 15.8. The molecule has 7 nitrogen and oxygen atoms in total. The van der Waals surface area contributed by atoms with E-state index in [9.17, 15) is 4.79 Å². The van der Waals surface area contributed by atoms with Gasteiger partial charge in [-0.3, -0.25) is 9.69 Å². The zero-order valence-electron chi connectivity index (χ0n) is 19.2. The van der Waals surface area contributed by atoms with Crippen LogP contribution in [0.1, 0.15) is 48.2 Å². The minimum Gasteiger partial charge on any atom is -0.493 e. The molecule has 2 fully saturated rings. The summed E-state index contributed by atoms with van der Waals surface area (Å²) in [6, 6.07) is 13.9. The number of hydrogen-bond donors (Lipinski definition) is 1. The molecule has 1 amide bonds. The molecular formula is C25H32N2O5. The third-order valence-corrected chi connectivity index (χ3v) is 6.52. The fourth-order valence-electron chi connectivity index (χ4n) is 4.90. The third-order valence-electron chi connectivity index (χ3n) is 6.52. The van der Waals surface area contributed by atoms with Crippen molar-refractivity contribution in [2.24, 2.45) is 0 Å². The molecule has 7 heteroatoms. The molecule has 0 saturated carbocycles. The average Bonchev–Trinajstić information content (AvgIpc) is 2.85. The van der Waals surface area contributed by atoms with Crippen LogP contribution in [-0.2, 0) is 4.74 Å². The van der Waals surface area contributed by atoms with Crippen molar-refractivity contribution in [3.63, 3.8) is 0 Å². The Bertz CT molecular complexity index is 910. The van der Waals surface area contributed by atoms with Crippen LogP contribution in [0, 0.1) is 0 Å². The smallest absolute Gasteiger partial charge is 0.253 e. The lowest BCUT2D eigenvalue weighted by atomic mass is 9.91. The summed E-state index contributed by atoms with van der Waals surface area (Å²) >= 11 is 0. The lowest BCUT2D eigenvalue weighted by molar-refractivity contribution is -0.167. The molecule has 172 valence electrons. The molecule has 2 aromatic rings. The SMILES string of the molecule is COc1cc(C(=O)NC2OC(c3ccccc3)C(C)N3CCCCC23)cc(OC)c1OC. The van der Waals surface area contributed by atoms with Crippen molar-refractivity contribution in [2.75, 3.05) is 27.9 Å². The van der Waals surface area contributed by atoms with E-state index < -0.39 is 6.23 Å². The monoisotopic (exact) mass is 440 g/mol. The highest BCUT2D eigenvalue weighted by Gasteiger charge is 2.43. The Kier molecular flexibility index (Phi) is 6.86. The van der Waals surface area contributed by atoms with Gasteiger partial charge in [0.15, 0.2) is 11.5 Å². The molecule has 4 atom stereocenters. The Labute approximate surface area is 189 Å². The Balaban J connectivity index is 1.61. The summed E-state index contributed by atoms with van der Waals surface area (Å²) in [7, 11) is 4.61. The van der Waals surface area contributed by atoms with Crippen LogP contribution in [0.4, 0.5) is 0 Å². The molecule has 2 heterocycles. The van der Waals surface area contributed by atoms with Crippen LogP contribution >= 0.6 is 0 Å². The normalized spacial score (nSPS) is 25.5. The van der Waals surface area contributed by atoms with Gasteiger partial charge in [0, 0.05) is 11.6 Å². The first-order valence-electron chi connectivity index (χ1n) is 11.1. The maximum absolute atomic E-state index is 13.3. The first kappa shape index (κ1) is 22.4. The highest BCUT2D eigenvalue weighted by Crippen LogP contribution is 2.39. The molecular weight excluding hydrogens is 408 g/mol. The van der Waals surface area contributed by atoms with Crippen molar-refractivity contribution in [2.45, 2.75) is 50.6 Å². The fourth-order valence-corrected chi connectivity index (χ4v) is 4.90. The van der Waals surface area contributed by atoms with E-state index in [1.807, 2.05) is 18.2 Å². The van der Waals surface area contributed by atoms with Crippen LogP contribution in [0.3, 0.4) is 0 Å². The van der Waals surface area contributed by atoms with Crippen molar-refractivity contribution in [1.29, 1.82) is 0 Å². The van der Waals surface area contributed by atoms with Crippen molar-refractivity contribution in [3.8, 4) is 17.2 Å². The molecule has 0 aromatic heterocycles. The molecule has 2 aliphatic rings. The largest absolute Gasteiger partial charge is 0.493 e. The molecule has 4 unspecified atom stereocenters. The second-order valence-corrected chi connectivity index (χ2v) is 8.32. The molecule has 1 N–H and O–H groups in total. The van der Waals surface area contributed by atoms with E-state index in [-0.39, 0.29) is 24.1 Å². The van der Waals surface area contributed by atoms with E-state index in [0.717, 1.165) is 31.4 Å². The van der Waals surface area contributed by atoms with Crippen molar-refractivity contribution < 1.29 is 23.7 Å². The molecule has 0 radical (unpaired) electrons. The quantitative estimate of drug-likeness (QED) is 0.737. The van der Waals surface area contributed by atoms with E-state index in [1.54, 1.807) is 19.2 Å². The number of methoxy groups -OCH3 is 3. The second kappa shape index (κ2) is 9.79. The van der Waals surface area contributed by atoms with Crippen molar-refractivity contribution >= 4 is 5.91 Å². The Hall–Kier alpha value is -2.77. The zero-order chi connectivity index (χ0) is 22.7. The minimum absolute atomic E-state index is 0.115. The fraction of sp³-hybridized carbons (Fsp3) is 0.480. The van der Waals surface area contributed by atoms with Crippen LogP contribution in [0.2, 0.25) is 0 Å².